The third-order valence-electron chi connectivity index (χ3n) is 2.66. The van der Waals surface area contributed by atoms with Crippen LogP contribution >= 0.6 is 11.6 Å². The van der Waals surface area contributed by atoms with Gasteiger partial charge in [0.1, 0.15) is 5.82 Å². The molecule has 17 heavy (non-hydrogen) atoms. The van der Waals surface area contributed by atoms with Crippen LogP contribution in [0, 0.1) is 0 Å². The number of hydrogen-bond acceptors (Lipinski definition) is 3. The zero-order valence-electron chi connectivity index (χ0n) is 9.73. The Morgan fingerprint density at radius 2 is 2.06 bits per heavy atom. The Bertz CT molecular complexity index is 507. The lowest BCUT2D eigenvalue weighted by atomic mass is 10.1. The van der Waals surface area contributed by atoms with E-state index in [1.165, 1.54) is 0 Å². The lowest BCUT2D eigenvalue weighted by molar-refractivity contribution is 0.692. The first kappa shape index (κ1) is 12.1. The summed E-state index contributed by atoms with van der Waals surface area (Å²) in [6.07, 6.45) is 1.62. The average molecular weight is 251 g/mol. The van der Waals surface area contributed by atoms with Crippen LogP contribution in [0.15, 0.2) is 24.3 Å². The molecule has 0 fully saturated rings. The Labute approximate surface area is 105 Å². The first-order chi connectivity index (χ1) is 8.20. The van der Waals surface area contributed by atoms with Crippen molar-refractivity contribution in [2.45, 2.75) is 19.4 Å². The summed E-state index contributed by atoms with van der Waals surface area (Å²) in [6, 6.07) is 7.83. The molecule has 0 bridgehead atoms. The van der Waals surface area contributed by atoms with Gasteiger partial charge in [-0.2, -0.15) is 5.10 Å². The van der Waals surface area contributed by atoms with Gasteiger partial charge < -0.3 is 5.73 Å². The fraction of sp³-hybridized carbons (Fsp3) is 0.333. The number of nitrogens with zero attached hydrogens (tertiary/aromatic N) is 3. The van der Waals surface area contributed by atoms with Crippen LogP contribution in [0.1, 0.15) is 17.2 Å². The minimum Gasteiger partial charge on any atom is -0.324 e. The second-order valence-corrected chi connectivity index (χ2v) is 4.27. The maximum absolute atomic E-state index is 6.09. The summed E-state index contributed by atoms with van der Waals surface area (Å²) >= 11 is 6.09. The summed E-state index contributed by atoms with van der Waals surface area (Å²) < 4.78 is 1.72. The fourth-order valence-corrected chi connectivity index (χ4v) is 1.94. The molecule has 5 heteroatoms. The minimum absolute atomic E-state index is 0.412. The summed E-state index contributed by atoms with van der Waals surface area (Å²) in [5.41, 5.74) is 6.67. The van der Waals surface area contributed by atoms with Gasteiger partial charge in [0.2, 0.25) is 0 Å². The van der Waals surface area contributed by atoms with Crippen molar-refractivity contribution in [2.24, 2.45) is 12.8 Å². The van der Waals surface area contributed by atoms with Crippen molar-refractivity contribution in [3.05, 3.63) is 46.5 Å². The van der Waals surface area contributed by atoms with Crippen LogP contribution < -0.4 is 5.73 Å². The van der Waals surface area contributed by atoms with E-state index in [2.05, 4.69) is 10.1 Å². The summed E-state index contributed by atoms with van der Waals surface area (Å²) in [6.45, 7) is 0.412. The van der Waals surface area contributed by atoms with Gasteiger partial charge in [-0.3, -0.25) is 4.68 Å². The maximum Gasteiger partial charge on any atom is 0.151 e. The molecule has 2 N–H and O–H groups in total. The number of benzene rings is 1. The van der Waals surface area contributed by atoms with Gasteiger partial charge in [0.25, 0.3) is 0 Å². The van der Waals surface area contributed by atoms with Gasteiger partial charge in [-0.15, -0.1) is 0 Å². The standard InChI is InChI=1S/C12H15ClN4/c1-17-12(8-14)15-11(16-17)7-6-9-4-2-3-5-10(9)13/h2-5H,6-8,14H2,1H3. The SMILES string of the molecule is Cn1nc(CCc2ccccc2Cl)nc1CN. The van der Waals surface area contributed by atoms with Crippen molar-refractivity contribution >= 4 is 11.6 Å². The molecule has 0 aliphatic rings. The van der Waals surface area contributed by atoms with Crippen molar-refractivity contribution in [3.8, 4) is 0 Å². The van der Waals surface area contributed by atoms with Gasteiger partial charge in [-0.25, -0.2) is 4.98 Å². The topological polar surface area (TPSA) is 56.7 Å². The summed E-state index contributed by atoms with van der Waals surface area (Å²) in [5, 5.41) is 5.10. The zero-order valence-corrected chi connectivity index (χ0v) is 10.5. The van der Waals surface area contributed by atoms with Crippen molar-refractivity contribution < 1.29 is 0 Å². The minimum atomic E-state index is 0.412. The van der Waals surface area contributed by atoms with Crippen LogP contribution in [-0.4, -0.2) is 14.8 Å². The van der Waals surface area contributed by atoms with Gasteiger partial charge >= 0.3 is 0 Å². The molecule has 0 spiro atoms. The van der Waals surface area contributed by atoms with Crippen LogP contribution in [0.2, 0.25) is 5.02 Å². The third kappa shape index (κ3) is 2.84. The number of aromatic nitrogens is 3. The number of halogens is 1. The summed E-state index contributed by atoms with van der Waals surface area (Å²) in [7, 11) is 1.86. The molecule has 0 aliphatic heterocycles. The molecule has 0 unspecified atom stereocenters. The van der Waals surface area contributed by atoms with Crippen LogP contribution in [-0.2, 0) is 26.4 Å². The Balaban J connectivity index is 2.05. The van der Waals surface area contributed by atoms with Crippen LogP contribution in [0.3, 0.4) is 0 Å². The first-order valence-corrected chi connectivity index (χ1v) is 5.90. The third-order valence-corrected chi connectivity index (χ3v) is 3.02. The van der Waals surface area contributed by atoms with Gasteiger partial charge in [-0.1, -0.05) is 29.8 Å². The molecule has 2 rings (SSSR count). The molecule has 4 nitrogen and oxygen atoms in total. The molecule has 90 valence electrons. The molecule has 1 aromatic carbocycles. The van der Waals surface area contributed by atoms with E-state index >= 15 is 0 Å². The zero-order chi connectivity index (χ0) is 12.3. The van der Waals surface area contributed by atoms with E-state index in [-0.39, 0.29) is 0 Å². The molecule has 1 aromatic heterocycles. The highest BCUT2D eigenvalue weighted by molar-refractivity contribution is 6.31. The van der Waals surface area contributed by atoms with E-state index in [0.717, 1.165) is 35.1 Å². The smallest absolute Gasteiger partial charge is 0.151 e. The highest BCUT2D eigenvalue weighted by Gasteiger charge is 2.06. The molecular weight excluding hydrogens is 236 g/mol. The monoisotopic (exact) mass is 250 g/mol. The Morgan fingerprint density at radius 1 is 1.29 bits per heavy atom. The normalized spacial score (nSPS) is 10.8. The van der Waals surface area contributed by atoms with E-state index in [9.17, 15) is 0 Å². The van der Waals surface area contributed by atoms with Crippen molar-refractivity contribution in [3.63, 3.8) is 0 Å². The number of nitrogens with two attached hydrogens (primary N) is 1. The average Bonchev–Trinajstić information content (AvgIpc) is 2.69. The Morgan fingerprint density at radius 3 is 2.71 bits per heavy atom. The van der Waals surface area contributed by atoms with E-state index in [1.807, 2.05) is 31.3 Å². The van der Waals surface area contributed by atoms with Crippen molar-refractivity contribution in [1.29, 1.82) is 0 Å². The largest absolute Gasteiger partial charge is 0.324 e. The second kappa shape index (κ2) is 5.29. The van der Waals surface area contributed by atoms with Gasteiger partial charge in [0.15, 0.2) is 5.82 Å². The predicted octanol–water partition coefficient (Wildman–Crippen LogP) is 1.71. The Hall–Kier alpha value is -1.39. The molecule has 1 heterocycles. The maximum atomic E-state index is 6.09. The van der Waals surface area contributed by atoms with Crippen LogP contribution in [0.5, 0.6) is 0 Å². The van der Waals surface area contributed by atoms with Gasteiger partial charge in [-0.05, 0) is 18.1 Å². The first-order valence-electron chi connectivity index (χ1n) is 5.53. The molecule has 2 aromatic rings. The van der Waals surface area contributed by atoms with Crippen molar-refractivity contribution in [1.82, 2.24) is 14.8 Å². The lowest BCUT2D eigenvalue weighted by Crippen LogP contribution is -2.05. The Kier molecular flexibility index (Phi) is 3.76. The molecule has 0 saturated carbocycles. The lowest BCUT2D eigenvalue weighted by Gasteiger charge is -2.00. The van der Waals surface area contributed by atoms with Gasteiger partial charge in [0, 0.05) is 18.5 Å². The van der Waals surface area contributed by atoms with E-state index < -0.39 is 0 Å². The van der Waals surface area contributed by atoms with E-state index in [1.54, 1.807) is 4.68 Å². The molecule has 0 amide bonds. The number of aryl methyl sites for hydroxylation is 3. The quantitative estimate of drug-likeness (QED) is 0.899. The molecule has 0 saturated heterocycles. The second-order valence-electron chi connectivity index (χ2n) is 3.86. The van der Waals surface area contributed by atoms with Crippen LogP contribution in [0.4, 0.5) is 0 Å². The summed E-state index contributed by atoms with van der Waals surface area (Å²) in [4.78, 5) is 4.36. The molecule has 0 atom stereocenters. The molecular formula is C12H15ClN4. The number of rotatable bonds is 4. The number of hydrogen-bond donors (Lipinski definition) is 1. The molecule has 0 radical (unpaired) electrons. The van der Waals surface area contributed by atoms with Crippen LogP contribution in [0.25, 0.3) is 0 Å². The van der Waals surface area contributed by atoms with E-state index in [4.69, 9.17) is 17.3 Å². The summed E-state index contributed by atoms with van der Waals surface area (Å²) in [5.74, 6) is 1.62. The molecule has 0 aliphatic carbocycles. The fourth-order valence-electron chi connectivity index (χ4n) is 1.71. The van der Waals surface area contributed by atoms with Crippen molar-refractivity contribution in [2.75, 3.05) is 0 Å². The van der Waals surface area contributed by atoms with E-state index in [0.29, 0.717) is 6.54 Å². The highest BCUT2D eigenvalue weighted by Crippen LogP contribution is 2.16. The van der Waals surface area contributed by atoms with Gasteiger partial charge in [0.05, 0.1) is 6.54 Å². The highest BCUT2D eigenvalue weighted by atomic mass is 35.5. The predicted molar refractivity (Wildman–Crippen MR) is 67.8 cm³/mol.